The molecule has 1 aromatic carbocycles. The Hall–Kier alpha value is -0.910. The third-order valence-corrected chi connectivity index (χ3v) is 6.29. The summed E-state index contributed by atoms with van der Waals surface area (Å²) in [6.07, 6.45) is 5.46. The highest BCUT2D eigenvalue weighted by atomic mass is 32.2. The summed E-state index contributed by atoms with van der Waals surface area (Å²) in [5, 5.41) is 0. The molecule has 1 aliphatic rings. The lowest BCUT2D eigenvalue weighted by Crippen LogP contribution is -2.36. The number of likely N-dealkylation sites (N-methyl/N-ethyl adjacent to an activating group) is 1. The van der Waals surface area contributed by atoms with Crippen LogP contribution in [-0.2, 0) is 16.4 Å². The fraction of sp³-hybridized carbons (Fsp3) is 0.667. The molecule has 0 spiro atoms. The van der Waals surface area contributed by atoms with Gasteiger partial charge in [0.2, 0.25) is 10.0 Å². The van der Waals surface area contributed by atoms with Crippen molar-refractivity contribution in [1.82, 2.24) is 9.62 Å². The van der Waals surface area contributed by atoms with Gasteiger partial charge < -0.3 is 4.90 Å². The van der Waals surface area contributed by atoms with Gasteiger partial charge in [-0.05, 0) is 44.0 Å². The van der Waals surface area contributed by atoms with Crippen molar-refractivity contribution in [1.29, 1.82) is 0 Å². The van der Waals surface area contributed by atoms with Crippen LogP contribution in [0.15, 0.2) is 24.3 Å². The highest BCUT2D eigenvalue weighted by Gasteiger charge is 2.22. The summed E-state index contributed by atoms with van der Waals surface area (Å²) in [6.45, 7) is 2.56. The number of aryl methyl sites for hydroxylation is 1. The SMILES string of the molecule is CCc1ccc(C(CNS(=O)(=O)CCC2CCC2)N(C)C)cc1. The molecule has 0 saturated heterocycles. The molecular weight excluding hydrogens is 308 g/mol. The number of nitrogens with zero attached hydrogens (tertiary/aromatic N) is 1. The van der Waals surface area contributed by atoms with Crippen LogP contribution in [0.2, 0.25) is 0 Å². The standard InChI is InChI=1S/C18H30N2O2S/c1-4-15-8-10-17(11-9-15)18(20(2)3)14-19-23(21,22)13-12-16-6-5-7-16/h8-11,16,18-19H,4-7,12-14H2,1-3H3. The van der Waals surface area contributed by atoms with Gasteiger partial charge in [0.1, 0.15) is 0 Å². The van der Waals surface area contributed by atoms with Crippen LogP contribution in [0.1, 0.15) is 49.8 Å². The van der Waals surface area contributed by atoms with E-state index in [1.54, 1.807) is 0 Å². The van der Waals surface area contributed by atoms with Gasteiger partial charge in [0.05, 0.1) is 5.75 Å². The minimum absolute atomic E-state index is 0.0550. The number of hydrogen-bond donors (Lipinski definition) is 1. The Kier molecular flexibility index (Phi) is 6.62. The molecule has 0 aromatic heterocycles. The van der Waals surface area contributed by atoms with Gasteiger partial charge >= 0.3 is 0 Å². The van der Waals surface area contributed by atoms with Crippen molar-refractivity contribution in [2.75, 3.05) is 26.4 Å². The minimum atomic E-state index is -3.18. The normalized spacial score (nSPS) is 17.2. The van der Waals surface area contributed by atoms with Crippen molar-refractivity contribution in [2.24, 2.45) is 5.92 Å². The summed E-state index contributed by atoms with van der Waals surface area (Å²) in [4.78, 5) is 2.06. The summed E-state index contributed by atoms with van der Waals surface area (Å²) in [7, 11) is 0.795. The van der Waals surface area contributed by atoms with E-state index in [1.807, 2.05) is 14.1 Å². The second kappa shape index (κ2) is 8.27. The Bertz CT molecular complexity index is 578. The maximum atomic E-state index is 12.2. The molecule has 5 heteroatoms. The Morgan fingerprint density at radius 3 is 2.35 bits per heavy atom. The fourth-order valence-corrected chi connectivity index (χ4v) is 4.16. The van der Waals surface area contributed by atoms with Gasteiger partial charge in [-0.15, -0.1) is 0 Å². The van der Waals surface area contributed by atoms with Gasteiger partial charge in [-0.1, -0.05) is 50.5 Å². The monoisotopic (exact) mass is 338 g/mol. The molecular formula is C18H30N2O2S. The molecule has 130 valence electrons. The first-order valence-corrected chi connectivity index (χ1v) is 10.3. The molecule has 1 fully saturated rings. The third kappa shape index (κ3) is 5.59. The second-order valence-corrected chi connectivity index (χ2v) is 8.75. The topological polar surface area (TPSA) is 49.4 Å². The van der Waals surface area contributed by atoms with Crippen LogP contribution in [0.5, 0.6) is 0 Å². The zero-order valence-electron chi connectivity index (χ0n) is 14.6. The van der Waals surface area contributed by atoms with Crippen molar-refractivity contribution in [3.63, 3.8) is 0 Å². The Morgan fingerprint density at radius 1 is 1.22 bits per heavy atom. The summed E-state index contributed by atoms with van der Waals surface area (Å²) < 4.78 is 27.2. The van der Waals surface area contributed by atoms with Crippen molar-refractivity contribution in [2.45, 2.75) is 45.1 Å². The molecule has 1 atom stereocenters. The highest BCUT2D eigenvalue weighted by Crippen LogP contribution is 2.29. The zero-order chi connectivity index (χ0) is 16.9. The summed E-state index contributed by atoms with van der Waals surface area (Å²) in [6, 6.07) is 8.51. The van der Waals surface area contributed by atoms with E-state index in [0.717, 1.165) is 18.4 Å². The largest absolute Gasteiger partial charge is 0.301 e. The molecule has 0 aliphatic heterocycles. The van der Waals surface area contributed by atoms with Gasteiger partial charge in [-0.2, -0.15) is 0 Å². The molecule has 23 heavy (non-hydrogen) atoms. The first-order valence-electron chi connectivity index (χ1n) is 8.64. The quantitative estimate of drug-likeness (QED) is 0.753. The highest BCUT2D eigenvalue weighted by molar-refractivity contribution is 7.89. The lowest BCUT2D eigenvalue weighted by atomic mass is 9.84. The van der Waals surface area contributed by atoms with Crippen LogP contribution in [0, 0.1) is 5.92 Å². The predicted molar refractivity (Wildman–Crippen MR) is 96.0 cm³/mol. The van der Waals surface area contributed by atoms with Crippen molar-refractivity contribution in [3.05, 3.63) is 35.4 Å². The minimum Gasteiger partial charge on any atom is -0.301 e. The van der Waals surface area contributed by atoms with Gasteiger partial charge in [-0.3, -0.25) is 0 Å². The van der Waals surface area contributed by atoms with E-state index in [0.29, 0.717) is 12.5 Å². The molecule has 1 saturated carbocycles. The van der Waals surface area contributed by atoms with Crippen molar-refractivity contribution < 1.29 is 8.42 Å². The first kappa shape index (κ1) is 18.4. The van der Waals surface area contributed by atoms with E-state index in [4.69, 9.17) is 0 Å². The van der Waals surface area contributed by atoms with Gasteiger partial charge in [0.25, 0.3) is 0 Å². The Morgan fingerprint density at radius 2 is 1.87 bits per heavy atom. The van der Waals surface area contributed by atoms with Gasteiger partial charge in [0, 0.05) is 12.6 Å². The van der Waals surface area contributed by atoms with Crippen LogP contribution >= 0.6 is 0 Å². The van der Waals surface area contributed by atoms with Crippen LogP contribution in [0.4, 0.5) is 0 Å². The average molecular weight is 339 g/mol. The van der Waals surface area contributed by atoms with Crippen LogP contribution < -0.4 is 4.72 Å². The molecule has 4 nitrogen and oxygen atoms in total. The van der Waals surface area contributed by atoms with E-state index >= 15 is 0 Å². The molecule has 1 aromatic rings. The van der Waals surface area contributed by atoms with Crippen LogP contribution in [-0.4, -0.2) is 39.7 Å². The fourth-order valence-electron chi connectivity index (χ4n) is 2.96. The third-order valence-electron chi connectivity index (χ3n) is 4.91. The van der Waals surface area contributed by atoms with E-state index in [1.165, 1.54) is 24.8 Å². The Labute approximate surface area is 141 Å². The lowest BCUT2D eigenvalue weighted by Gasteiger charge is -2.27. The number of benzene rings is 1. The average Bonchev–Trinajstić information content (AvgIpc) is 2.46. The van der Waals surface area contributed by atoms with E-state index < -0.39 is 10.0 Å². The first-order chi connectivity index (χ1) is 10.9. The maximum Gasteiger partial charge on any atom is 0.211 e. The zero-order valence-corrected chi connectivity index (χ0v) is 15.4. The number of nitrogens with one attached hydrogen (secondary N) is 1. The van der Waals surface area contributed by atoms with Crippen molar-refractivity contribution >= 4 is 10.0 Å². The van der Waals surface area contributed by atoms with Crippen LogP contribution in [0.25, 0.3) is 0 Å². The van der Waals surface area contributed by atoms with Crippen LogP contribution in [0.3, 0.4) is 0 Å². The van der Waals surface area contributed by atoms with Gasteiger partial charge in [0.15, 0.2) is 0 Å². The smallest absolute Gasteiger partial charge is 0.211 e. The molecule has 1 unspecified atom stereocenters. The molecule has 0 heterocycles. The van der Waals surface area contributed by atoms with Crippen molar-refractivity contribution in [3.8, 4) is 0 Å². The summed E-state index contributed by atoms with van der Waals surface area (Å²) in [5.41, 5.74) is 2.45. The molecule has 0 amide bonds. The summed E-state index contributed by atoms with van der Waals surface area (Å²) >= 11 is 0. The molecule has 1 N–H and O–H groups in total. The van der Waals surface area contributed by atoms with E-state index in [2.05, 4.69) is 40.8 Å². The predicted octanol–water partition coefficient (Wildman–Crippen LogP) is 2.96. The lowest BCUT2D eigenvalue weighted by molar-refractivity contribution is 0.297. The molecule has 1 aliphatic carbocycles. The maximum absolute atomic E-state index is 12.2. The number of rotatable bonds is 9. The molecule has 0 bridgehead atoms. The summed E-state index contributed by atoms with van der Waals surface area (Å²) in [5.74, 6) is 0.880. The number of sulfonamides is 1. The van der Waals surface area contributed by atoms with E-state index in [9.17, 15) is 8.42 Å². The number of hydrogen-bond acceptors (Lipinski definition) is 3. The molecule has 0 radical (unpaired) electrons. The second-order valence-electron chi connectivity index (χ2n) is 6.83. The Balaban J connectivity index is 1.92. The van der Waals surface area contributed by atoms with Gasteiger partial charge in [-0.25, -0.2) is 13.1 Å². The molecule has 2 rings (SSSR count). The van der Waals surface area contributed by atoms with E-state index in [-0.39, 0.29) is 11.8 Å².